The predicted molar refractivity (Wildman–Crippen MR) is 126 cm³/mol. The molecule has 1 N–H and O–H groups in total. The van der Waals surface area contributed by atoms with Gasteiger partial charge in [0.1, 0.15) is 10.0 Å². The van der Waals surface area contributed by atoms with Crippen molar-refractivity contribution in [2.24, 2.45) is 0 Å². The van der Waals surface area contributed by atoms with Crippen LogP contribution in [0.25, 0.3) is 21.2 Å². The molecule has 0 aliphatic heterocycles. The first-order valence-corrected chi connectivity index (χ1v) is 13.8. The molecular formula is C22H19FN2O4S3. The molecule has 0 aliphatic carbocycles. The minimum absolute atomic E-state index is 0.0571. The summed E-state index contributed by atoms with van der Waals surface area (Å²) >= 11 is 1.04. The second kappa shape index (κ2) is 8.27. The monoisotopic (exact) mass is 490 g/mol. The minimum atomic E-state index is -4.03. The third kappa shape index (κ3) is 4.67. The summed E-state index contributed by atoms with van der Waals surface area (Å²) in [7, 11) is -7.47. The van der Waals surface area contributed by atoms with Gasteiger partial charge in [-0.3, -0.25) is 9.71 Å². The highest BCUT2D eigenvalue weighted by molar-refractivity contribution is 7.95. The van der Waals surface area contributed by atoms with Crippen molar-refractivity contribution in [3.8, 4) is 11.1 Å². The van der Waals surface area contributed by atoms with Gasteiger partial charge >= 0.3 is 0 Å². The van der Waals surface area contributed by atoms with Gasteiger partial charge in [-0.05, 0) is 77.0 Å². The highest BCUT2D eigenvalue weighted by atomic mass is 32.2. The zero-order valence-corrected chi connectivity index (χ0v) is 19.6. The fourth-order valence-corrected chi connectivity index (χ4v) is 7.09. The molecule has 0 saturated carbocycles. The molecule has 2 aromatic heterocycles. The van der Waals surface area contributed by atoms with E-state index in [0.717, 1.165) is 28.7 Å². The second-order valence-electron chi connectivity index (χ2n) is 7.44. The lowest BCUT2D eigenvalue weighted by molar-refractivity contribution is 0.599. The molecule has 0 atom stereocenters. The predicted octanol–water partition coefficient (Wildman–Crippen LogP) is 4.76. The molecule has 0 bridgehead atoms. The number of aromatic nitrogens is 1. The molecule has 0 spiro atoms. The summed E-state index contributed by atoms with van der Waals surface area (Å²) < 4.78 is 67.3. The Morgan fingerprint density at radius 1 is 0.969 bits per heavy atom. The normalized spacial score (nSPS) is 12.2. The molecule has 0 amide bonds. The molecule has 2 aromatic carbocycles. The largest absolute Gasteiger partial charge is 0.279 e. The lowest BCUT2D eigenvalue weighted by atomic mass is 10.0. The van der Waals surface area contributed by atoms with Gasteiger partial charge in [-0.25, -0.2) is 21.2 Å². The number of nitrogens with one attached hydrogen (secondary N) is 1. The number of fused-ring (bicyclic) bond motifs is 1. The van der Waals surface area contributed by atoms with Gasteiger partial charge < -0.3 is 0 Å². The Morgan fingerprint density at radius 3 is 2.38 bits per heavy atom. The molecule has 0 fully saturated rings. The number of hydrogen-bond donors (Lipinski definition) is 1. The molecule has 10 heteroatoms. The molecule has 2 heterocycles. The summed E-state index contributed by atoms with van der Waals surface area (Å²) in [5, 5.41) is 0.528. The average molecular weight is 491 g/mol. The maximum atomic E-state index is 13.6. The summed E-state index contributed by atoms with van der Waals surface area (Å²) in [5.74, 6) is -0.780. The standard InChI is InChI=1S/C22H19FN2O4S3/c1-14-19-12-18(23)4-6-21(19)30-22(14)32(28,29)25-20-5-3-16(15-7-9-24-10-8-15)11-17(20)13-31(2,26)27/h3-12,25H,13H2,1-2H3. The molecule has 4 aromatic rings. The highest BCUT2D eigenvalue weighted by Gasteiger charge is 2.24. The number of hydrogen-bond acceptors (Lipinski definition) is 6. The molecule has 0 aliphatic rings. The minimum Gasteiger partial charge on any atom is -0.279 e. The molecular weight excluding hydrogens is 471 g/mol. The Kier molecular flexibility index (Phi) is 5.78. The average Bonchev–Trinajstić information content (AvgIpc) is 3.06. The van der Waals surface area contributed by atoms with Crippen LogP contribution < -0.4 is 4.72 Å². The fraction of sp³-hybridized carbons (Fsp3) is 0.136. The first-order valence-electron chi connectivity index (χ1n) is 9.46. The Hall–Kier alpha value is -2.82. The Bertz CT molecular complexity index is 1530. The number of aryl methyl sites for hydroxylation is 1. The Morgan fingerprint density at radius 2 is 1.69 bits per heavy atom. The number of benzene rings is 2. The van der Waals surface area contributed by atoms with E-state index in [1.807, 2.05) is 0 Å². The van der Waals surface area contributed by atoms with Crippen LogP contribution in [0.15, 0.2) is 65.1 Å². The van der Waals surface area contributed by atoms with Crippen molar-refractivity contribution in [3.05, 3.63) is 77.9 Å². The fourth-order valence-electron chi connectivity index (χ4n) is 3.44. The summed E-state index contributed by atoms with van der Waals surface area (Å²) in [6, 6.07) is 12.6. The number of pyridine rings is 1. The van der Waals surface area contributed by atoms with Crippen molar-refractivity contribution < 1.29 is 21.2 Å². The van der Waals surface area contributed by atoms with E-state index in [1.54, 1.807) is 55.7 Å². The van der Waals surface area contributed by atoms with Crippen LogP contribution in [0, 0.1) is 12.7 Å². The van der Waals surface area contributed by atoms with Crippen molar-refractivity contribution in [1.29, 1.82) is 0 Å². The van der Waals surface area contributed by atoms with Crippen LogP contribution in [-0.4, -0.2) is 28.1 Å². The second-order valence-corrected chi connectivity index (χ2v) is 12.5. The zero-order chi connectivity index (χ0) is 23.1. The summed E-state index contributed by atoms with van der Waals surface area (Å²) in [5.41, 5.74) is 2.51. The molecule has 32 heavy (non-hydrogen) atoms. The molecule has 4 rings (SSSR count). The van der Waals surface area contributed by atoms with Crippen molar-refractivity contribution in [2.45, 2.75) is 16.9 Å². The van der Waals surface area contributed by atoms with E-state index >= 15 is 0 Å². The van der Waals surface area contributed by atoms with Gasteiger partial charge in [0.2, 0.25) is 0 Å². The Labute approximate surface area is 189 Å². The van der Waals surface area contributed by atoms with E-state index in [2.05, 4.69) is 9.71 Å². The van der Waals surface area contributed by atoms with Crippen LogP contribution in [0.2, 0.25) is 0 Å². The van der Waals surface area contributed by atoms with Gasteiger partial charge in [-0.1, -0.05) is 6.07 Å². The molecule has 0 unspecified atom stereocenters. The molecule has 0 saturated heterocycles. The summed E-state index contributed by atoms with van der Waals surface area (Å²) in [4.78, 5) is 3.97. The van der Waals surface area contributed by atoms with Crippen molar-refractivity contribution >= 4 is 47.0 Å². The number of thiophene rings is 1. The lowest BCUT2D eigenvalue weighted by Gasteiger charge is -2.14. The van der Waals surface area contributed by atoms with Gasteiger partial charge in [0.25, 0.3) is 10.0 Å². The van der Waals surface area contributed by atoms with Gasteiger partial charge in [0.05, 0.1) is 11.4 Å². The van der Waals surface area contributed by atoms with E-state index in [4.69, 9.17) is 0 Å². The Balaban J connectivity index is 1.78. The third-order valence-corrected chi connectivity index (χ3v) is 8.97. The van der Waals surface area contributed by atoms with Crippen LogP contribution in [0.4, 0.5) is 10.1 Å². The smallest absolute Gasteiger partial charge is 0.271 e. The first kappa shape index (κ1) is 22.4. The van der Waals surface area contributed by atoms with Gasteiger partial charge in [-0.15, -0.1) is 11.3 Å². The highest BCUT2D eigenvalue weighted by Crippen LogP contribution is 2.36. The van der Waals surface area contributed by atoms with E-state index in [0.29, 0.717) is 21.2 Å². The van der Waals surface area contributed by atoms with Crippen LogP contribution in [0.3, 0.4) is 0 Å². The van der Waals surface area contributed by atoms with Crippen molar-refractivity contribution in [2.75, 3.05) is 11.0 Å². The van der Waals surface area contributed by atoms with Crippen molar-refractivity contribution in [3.63, 3.8) is 0 Å². The van der Waals surface area contributed by atoms with Crippen molar-refractivity contribution in [1.82, 2.24) is 4.98 Å². The number of anilines is 1. The first-order chi connectivity index (χ1) is 15.0. The van der Waals surface area contributed by atoms with Crippen LogP contribution >= 0.6 is 11.3 Å². The number of nitrogens with zero attached hydrogens (tertiary/aromatic N) is 1. The summed E-state index contributed by atoms with van der Waals surface area (Å²) in [6.45, 7) is 1.62. The maximum absolute atomic E-state index is 13.6. The third-order valence-electron chi connectivity index (χ3n) is 4.88. The topological polar surface area (TPSA) is 93.2 Å². The van der Waals surface area contributed by atoms with Crippen LogP contribution in [0.5, 0.6) is 0 Å². The van der Waals surface area contributed by atoms with Gasteiger partial charge in [-0.2, -0.15) is 0 Å². The molecule has 6 nitrogen and oxygen atoms in total. The molecule has 166 valence electrons. The van der Waals surface area contributed by atoms with Gasteiger partial charge in [0, 0.05) is 23.3 Å². The quantitative estimate of drug-likeness (QED) is 0.421. The van der Waals surface area contributed by atoms with Gasteiger partial charge in [0.15, 0.2) is 9.84 Å². The lowest BCUT2D eigenvalue weighted by Crippen LogP contribution is -2.15. The summed E-state index contributed by atoms with van der Waals surface area (Å²) in [6.07, 6.45) is 4.33. The van der Waals surface area contributed by atoms with E-state index in [9.17, 15) is 21.2 Å². The number of rotatable bonds is 6. The molecule has 0 radical (unpaired) electrons. The SMILES string of the molecule is Cc1c(S(=O)(=O)Nc2ccc(-c3ccncc3)cc2CS(C)(=O)=O)sc2ccc(F)cc12. The van der Waals surface area contributed by atoms with Crippen LogP contribution in [-0.2, 0) is 25.6 Å². The van der Waals surface area contributed by atoms with E-state index in [-0.39, 0.29) is 15.6 Å². The number of halogens is 1. The zero-order valence-electron chi connectivity index (χ0n) is 17.2. The van der Waals surface area contributed by atoms with E-state index < -0.39 is 25.7 Å². The number of sulfonamides is 1. The maximum Gasteiger partial charge on any atom is 0.271 e. The van der Waals surface area contributed by atoms with Crippen LogP contribution in [0.1, 0.15) is 11.1 Å². The van der Waals surface area contributed by atoms with E-state index in [1.165, 1.54) is 12.1 Å². The number of sulfone groups is 1.